The highest BCUT2D eigenvalue weighted by Gasteiger charge is 2.27. The second-order valence-electron chi connectivity index (χ2n) is 5.04. The van der Waals surface area contributed by atoms with Crippen molar-refractivity contribution in [1.82, 2.24) is 4.31 Å². The number of para-hydroxylation sites is 1. The number of nitrogens with one attached hydrogen (secondary N) is 1. The Morgan fingerprint density at radius 3 is 2.60 bits per heavy atom. The van der Waals surface area contributed by atoms with Crippen LogP contribution in [-0.2, 0) is 10.2 Å². The molecule has 1 saturated heterocycles. The molecule has 1 aromatic carbocycles. The van der Waals surface area contributed by atoms with Gasteiger partial charge in [-0.3, -0.25) is 4.72 Å². The van der Waals surface area contributed by atoms with Gasteiger partial charge >= 0.3 is 10.2 Å². The van der Waals surface area contributed by atoms with Crippen molar-refractivity contribution in [1.29, 1.82) is 0 Å². The molecule has 2 rings (SSSR count). The number of hydrogen-bond donors (Lipinski definition) is 2. The first-order valence-electron chi connectivity index (χ1n) is 6.58. The fourth-order valence-corrected chi connectivity index (χ4v) is 3.49. The minimum atomic E-state index is -3.67. The van der Waals surface area contributed by atoms with Crippen molar-refractivity contribution < 1.29 is 18.3 Å². The van der Waals surface area contributed by atoms with E-state index >= 15 is 0 Å². The van der Waals surface area contributed by atoms with Crippen molar-refractivity contribution in [2.24, 2.45) is 5.92 Å². The van der Waals surface area contributed by atoms with Gasteiger partial charge < -0.3 is 9.84 Å². The molecule has 0 spiro atoms. The summed E-state index contributed by atoms with van der Waals surface area (Å²) in [6, 6.07) is 4.60. The van der Waals surface area contributed by atoms with E-state index in [1.807, 2.05) is 0 Å². The highest BCUT2D eigenvalue weighted by Crippen LogP contribution is 2.34. The predicted molar refractivity (Wildman–Crippen MR) is 77.2 cm³/mol. The minimum absolute atomic E-state index is 0.0774. The van der Waals surface area contributed by atoms with Gasteiger partial charge in [-0.25, -0.2) is 0 Å². The average molecular weight is 300 g/mol. The first-order valence-corrected chi connectivity index (χ1v) is 8.02. The number of benzene rings is 1. The lowest BCUT2D eigenvalue weighted by molar-refractivity contribution is 0.289. The van der Waals surface area contributed by atoms with Crippen LogP contribution in [0.25, 0.3) is 0 Å². The second-order valence-corrected chi connectivity index (χ2v) is 6.71. The summed E-state index contributed by atoms with van der Waals surface area (Å²) in [4.78, 5) is 0. The lowest BCUT2D eigenvalue weighted by Crippen LogP contribution is -2.41. The highest BCUT2D eigenvalue weighted by molar-refractivity contribution is 7.90. The Labute approximate surface area is 119 Å². The number of aromatic hydroxyl groups is 1. The molecule has 112 valence electrons. The second kappa shape index (κ2) is 5.88. The molecule has 0 saturated carbocycles. The van der Waals surface area contributed by atoms with Crippen molar-refractivity contribution in [2.45, 2.75) is 19.8 Å². The SMILES string of the molecule is COc1cccc(O)c1NS(=O)(=O)N1CCC(C)CC1. The summed E-state index contributed by atoms with van der Waals surface area (Å²) in [5.41, 5.74) is 0.0774. The number of anilines is 1. The molecule has 0 aromatic heterocycles. The van der Waals surface area contributed by atoms with E-state index < -0.39 is 10.2 Å². The molecular formula is C13H20N2O4S. The van der Waals surface area contributed by atoms with Crippen LogP contribution in [0.1, 0.15) is 19.8 Å². The maximum Gasteiger partial charge on any atom is 0.301 e. The van der Waals surface area contributed by atoms with E-state index in [-0.39, 0.29) is 11.4 Å². The van der Waals surface area contributed by atoms with Gasteiger partial charge in [-0.15, -0.1) is 0 Å². The molecule has 1 aromatic rings. The molecular weight excluding hydrogens is 280 g/mol. The Hall–Kier alpha value is -1.47. The third-order valence-electron chi connectivity index (χ3n) is 3.54. The fourth-order valence-electron chi connectivity index (χ4n) is 2.21. The summed E-state index contributed by atoms with van der Waals surface area (Å²) in [7, 11) is -2.25. The third kappa shape index (κ3) is 3.16. The van der Waals surface area contributed by atoms with Gasteiger partial charge in [0.15, 0.2) is 0 Å². The molecule has 0 unspecified atom stereocenters. The van der Waals surface area contributed by atoms with Crippen LogP contribution >= 0.6 is 0 Å². The van der Waals surface area contributed by atoms with Crippen molar-refractivity contribution in [3.63, 3.8) is 0 Å². The summed E-state index contributed by atoms with van der Waals surface area (Å²) in [5, 5.41) is 9.80. The normalized spacial score (nSPS) is 17.9. The Morgan fingerprint density at radius 2 is 2.00 bits per heavy atom. The van der Waals surface area contributed by atoms with Crippen LogP contribution in [0.15, 0.2) is 18.2 Å². The highest BCUT2D eigenvalue weighted by atomic mass is 32.2. The van der Waals surface area contributed by atoms with E-state index in [1.165, 1.54) is 17.5 Å². The zero-order chi connectivity index (χ0) is 14.8. The Kier molecular flexibility index (Phi) is 4.39. The summed E-state index contributed by atoms with van der Waals surface area (Å²) < 4.78 is 33.5. The lowest BCUT2D eigenvalue weighted by atomic mass is 10.0. The number of rotatable bonds is 4. The van der Waals surface area contributed by atoms with E-state index in [0.29, 0.717) is 24.8 Å². The fraction of sp³-hybridized carbons (Fsp3) is 0.538. The number of hydrogen-bond acceptors (Lipinski definition) is 4. The molecule has 6 nitrogen and oxygen atoms in total. The molecule has 1 aliphatic rings. The van der Waals surface area contributed by atoms with Gasteiger partial charge in [-0.1, -0.05) is 13.0 Å². The smallest absolute Gasteiger partial charge is 0.301 e. The van der Waals surface area contributed by atoms with Crippen LogP contribution in [0.5, 0.6) is 11.5 Å². The van der Waals surface area contributed by atoms with Crippen molar-refractivity contribution in [3.8, 4) is 11.5 Å². The average Bonchev–Trinajstić information content (AvgIpc) is 2.41. The lowest BCUT2D eigenvalue weighted by Gasteiger charge is -2.29. The quantitative estimate of drug-likeness (QED) is 0.831. The zero-order valence-corrected chi connectivity index (χ0v) is 12.5. The first-order chi connectivity index (χ1) is 9.44. The molecule has 0 bridgehead atoms. The van der Waals surface area contributed by atoms with Gasteiger partial charge in [0.05, 0.1) is 7.11 Å². The van der Waals surface area contributed by atoms with Crippen molar-refractivity contribution in [2.75, 3.05) is 24.9 Å². The molecule has 1 aliphatic heterocycles. The number of phenols is 1. The molecule has 1 heterocycles. The predicted octanol–water partition coefficient (Wildman–Crippen LogP) is 1.79. The van der Waals surface area contributed by atoms with Crippen molar-refractivity contribution in [3.05, 3.63) is 18.2 Å². The van der Waals surface area contributed by atoms with Gasteiger partial charge in [-0.2, -0.15) is 12.7 Å². The van der Waals surface area contributed by atoms with Crippen LogP contribution in [0.2, 0.25) is 0 Å². The topological polar surface area (TPSA) is 78.9 Å². The van der Waals surface area contributed by atoms with Crippen LogP contribution < -0.4 is 9.46 Å². The van der Waals surface area contributed by atoms with Crippen LogP contribution in [0.3, 0.4) is 0 Å². The van der Waals surface area contributed by atoms with E-state index in [9.17, 15) is 13.5 Å². The number of methoxy groups -OCH3 is 1. The van der Waals surface area contributed by atoms with Crippen LogP contribution in [-0.4, -0.2) is 38.0 Å². The number of piperidine rings is 1. The number of ether oxygens (including phenoxy) is 1. The summed E-state index contributed by atoms with van der Waals surface area (Å²) >= 11 is 0. The number of nitrogens with zero attached hydrogens (tertiary/aromatic N) is 1. The Morgan fingerprint density at radius 1 is 1.35 bits per heavy atom. The van der Waals surface area contributed by atoms with Gasteiger partial charge in [0.2, 0.25) is 0 Å². The van der Waals surface area contributed by atoms with Crippen LogP contribution in [0, 0.1) is 5.92 Å². The Bertz CT molecular complexity index is 566. The van der Waals surface area contributed by atoms with E-state index in [1.54, 1.807) is 12.1 Å². The standard InChI is InChI=1S/C13H20N2O4S/c1-10-6-8-15(9-7-10)20(17,18)14-13-11(16)4-3-5-12(13)19-2/h3-5,10,14,16H,6-9H2,1-2H3. The zero-order valence-electron chi connectivity index (χ0n) is 11.7. The molecule has 0 radical (unpaired) electrons. The summed E-state index contributed by atoms with van der Waals surface area (Å²) in [6.45, 7) is 3.10. The molecule has 0 atom stereocenters. The monoisotopic (exact) mass is 300 g/mol. The molecule has 0 amide bonds. The summed E-state index contributed by atoms with van der Waals surface area (Å²) in [5.74, 6) is 0.679. The van der Waals surface area contributed by atoms with Gasteiger partial charge in [0.25, 0.3) is 0 Å². The van der Waals surface area contributed by atoms with Gasteiger partial charge in [0.1, 0.15) is 17.2 Å². The van der Waals surface area contributed by atoms with E-state index in [0.717, 1.165) is 12.8 Å². The molecule has 1 fully saturated rings. The molecule has 0 aliphatic carbocycles. The first kappa shape index (κ1) is 14.9. The number of phenolic OH excluding ortho intramolecular Hbond substituents is 1. The molecule has 20 heavy (non-hydrogen) atoms. The maximum absolute atomic E-state index is 12.3. The third-order valence-corrected chi connectivity index (χ3v) is 5.04. The molecule has 7 heteroatoms. The van der Waals surface area contributed by atoms with Gasteiger partial charge in [0, 0.05) is 13.1 Å². The molecule has 2 N–H and O–H groups in total. The minimum Gasteiger partial charge on any atom is -0.506 e. The summed E-state index contributed by atoms with van der Waals surface area (Å²) in [6.07, 6.45) is 1.69. The van der Waals surface area contributed by atoms with E-state index in [2.05, 4.69) is 11.6 Å². The largest absolute Gasteiger partial charge is 0.506 e. The van der Waals surface area contributed by atoms with Gasteiger partial charge in [-0.05, 0) is 30.9 Å². The van der Waals surface area contributed by atoms with Crippen LogP contribution in [0.4, 0.5) is 5.69 Å². The maximum atomic E-state index is 12.3. The Balaban J connectivity index is 2.20. The van der Waals surface area contributed by atoms with E-state index in [4.69, 9.17) is 4.74 Å². The van der Waals surface area contributed by atoms with Crippen molar-refractivity contribution >= 4 is 15.9 Å².